The van der Waals surface area contributed by atoms with Gasteiger partial charge in [0.1, 0.15) is 12.5 Å². The van der Waals surface area contributed by atoms with Crippen molar-refractivity contribution in [1.29, 1.82) is 0 Å². The molecule has 2 unspecified atom stereocenters. The molecule has 0 aromatic carbocycles. The van der Waals surface area contributed by atoms with Gasteiger partial charge in [-0.25, -0.2) is 0 Å². The summed E-state index contributed by atoms with van der Waals surface area (Å²) in [5, 5.41) is 22.3. The summed E-state index contributed by atoms with van der Waals surface area (Å²) in [7, 11) is 1.64. The summed E-state index contributed by atoms with van der Waals surface area (Å²) >= 11 is 0. The van der Waals surface area contributed by atoms with Crippen molar-refractivity contribution >= 4 is 0 Å². The second-order valence-electron chi connectivity index (χ2n) is 11.0. The van der Waals surface area contributed by atoms with Gasteiger partial charge in [-0.15, -0.1) is 0 Å². The Bertz CT molecular complexity index is 616. The van der Waals surface area contributed by atoms with Gasteiger partial charge < -0.3 is 72.8 Å². The molecule has 0 heterocycles. The number of rotatable bonds is 43. The van der Waals surface area contributed by atoms with Gasteiger partial charge in [0, 0.05) is 13.5 Å². The van der Waals surface area contributed by atoms with E-state index in [2.05, 4.69) is 5.32 Å². The van der Waals surface area contributed by atoms with Crippen LogP contribution in [0.1, 0.15) is 32.6 Å². The van der Waals surface area contributed by atoms with E-state index in [9.17, 15) is 10.2 Å². The predicted molar refractivity (Wildman–Crippen MR) is 183 cm³/mol. The largest absolute Gasteiger partial charge is 0.382 e. The highest BCUT2D eigenvalue weighted by Crippen LogP contribution is 2.09. The fraction of sp³-hybridized carbons (Fsp3) is 1.00. The number of nitrogens with one attached hydrogen (secondary N) is 1. The third kappa shape index (κ3) is 41.7. The molecule has 16 heteroatoms. The van der Waals surface area contributed by atoms with E-state index in [1.165, 1.54) is 0 Å². The van der Waals surface area contributed by atoms with Crippen molar-refractivity contribution < 1.29 is 67.1 Å². The van der Waals surface area contributed by atoms with Gasteiger partial charge in [0.05, 0.1) is 152 Å². The lowest BCUT2D eigenvalue weighted by Crippen LogP contribution is -2.31. The molecule has 0 aliphatic rings. The van der Waals surface area contributed by atoms with E-state index in [4.69, 9.17) is 62.6 Å². The third-order valence-corrected chi connectivity index (χ3v) is 6.74. The molecule has 0 aliphatic carbocycles. The van der Waals surface area contributed by atoms with E-state index >= 15 is 0 Å². The van der Waals surface area contributed by atoms with Crippen LogP contribution >= 0.6 is 0 Å². The minimum atomic E-state index is -0.767. The monoisotopic (exact) mass is 718 g/mol. The topological polar surface area (TPSA) is 189 Å². The van der Waals surface area contributed by atoms with E-state index in [1.54, 1.807) is 7.11 Å². The fourth-order valence-electron chi connectivity index (χ4n) is 3.77. The number of methoxy groups -OCH3 is 1. The molecule has 0 aromatic heterocycles. The number of hydrogen-bond acceptors (Lipinski definition) is 16. The Morgan fingerprint density at radius 2 is 0.714 bits per heavy atom. The molecule has 49 heavy (non-hydrogen) atoms. The van der Waals surface area contributed by atoms with E-state index in [1.807, 2.05) is 6.92 Å². The van der Waals surface area contributed by atoms with Gasteiger partial charge in [-0.1, -0.05) is 13.3 Å². The summed E-state index contributed by atoms with van der Waals surface area (Å²) in [6.07, 6.45) is 1.89. The average Bonchev–Trinajstić information content (AvgIpc) is 3.09. The predicted octanol–water partition coefficient (Wildman–Crippen LogP) is 0.197. The van der Waals surface area contributed by atoms with Gasteiger partial charge >= 0.3 is 0 Å². The Kier molecular flexibility index (Phi) is 41.2. The lowest BCUT2D eigenvalue weighted by molar-refractivity contribution is -0.0283. The van der Waals surface area contributed by atoms with Crippen LogP contribution in [-0.2, 0) is 56.8 Å². The first-order valence-corrected chi connectivity index (χ1v) is 17.8. The number of aliphatic hydroxyl groups excluding tert-OH is 2. The first-order chi connectivity index (χ1) is 24.1. The molecule has 0 rings (SSSR count). The molecular weight excluding hydrogens is 648 g/mol. The van der Waals surface area contributed by atoms with Crippen molar-refractivity contribution in [2.24, 2.45) is 11.7 Å². The normalized spacial score (nSPS) is 13.7. The number of unbranched alkanes of at least 4 members (excludes halogenated alkanes) is 1. The smallest absolute Gasteiger partial charge is 0.107 e. The molecule has 16 nitrogen and oxygen atoms in total. The van der Waals surface area contributed by atoms with Gasteiger partial charge in [0.25, 0.3) is 0 Å². The highest BCUT2D eigenvalue weighted by Gasteiger charge is 2.08. The molecule has 0 fully saturated rings. The lowest BCUT2D eigenvalue weighted by atomic mass is 10.0. The van der Waals surface area contributed by atoms with Crippen molar-refractivity contribution in [3.8, 4) is 0 Å². The van der Waals surface area contributed by atoms with Gasteiger partial charge in [-0.3, -0.25) is 5.32 Å². The second-order valence-corrected chi connectivity index (χ2v) is 11.0. The zero-order valence-corrected chi connectivity index (χ0v) is 30.4. The Hall–Kier alpha value is -0.640. The Morgan fingerprint density at radius 3 is 1.00 bits per heavy atom. The van der Waals surface area contributed by atoms with Crippen LogP contribution in [0.5, 0.6) is 0 Å². The average molecular weight is 719 g/mol. The van der Waals surface area contributed by atoms with E-state index in [0.717, 1.165) is 19.3 Å². The lowest BCUT2D eigenvalue weighted by Gasteiger charge is -2.15. The van der Waals surface area contributed by atoms with Crippen LogP contribution in [-0.4, -0.2) is 188 Å². The van der Waals surface area contributed by atoms with Gasteiger partial charge in [-0.2, -0.15) is 0 Å². The highest BCUT2D eigenvalue weighted by atomic mass is 16.6. The van der Waals surface area contributed by atoms with Crippen molar-refractivity contribution in [3.63, 3.8) is 0 Å². The molecule has 296 valence electrons. The summed E-state index contributed by atoms with van der Waals surface area (Å²) in [5.41, 5.74) is 5.44. The van der Waals surface area contributed by atoms with Crippen LogP contribution in [0.15, 0.2) is 0 Å². The molecule has 0 amide bonds. The van der Waals surface area contributed by atoms with Crippen LogP contribution in [0.2, 0.25) is 0 Å². The molecule has 0 radical (unpaired) electrons. The summed E-state index contributed by atoms with van der Waals surface area (Å²) in [5.74, 6) is 0.0879. The minimum Gasteiger partial charge on any atom is -0.382 e. The van der Waals surface area contributed by atoms with Gasteiger partial charge in [0.2, 0.25) is 0 Å². The van der Waals surface area contributed by atoms with Crippen LogP contribution in [0, 0.1) is 5.92 Å². The van der Waals surface area contributed by atoms with Gasteiger partial charge in [-0.05, 0) is 25.3 Å². The van der Waals surface area contributed by atoms with Crippen molar-refractivity contribution in [3.05, 3.63) is 0 Å². The second kappa shape index (κ2) is 41.8. The van der Waals surface area contributed by atoms with Crippen LogP contribution in [0.4, 0.5) is 0 Å². The summed E-state index contributed by atoms with van der Waals surface area (Å²) in [6.45, 7) is 14.3. The Balaban J connectivity index is 3.12. The molecule has 5 N–H and O–H groups in total. The molecule has 0 saturated carbocycles. The SMILES string of the molecule is COCCOCCOCCOCCOCCOCCOCCOCCOCCOCCOCCOCCC(O)NCCCC[C@@H](C)C(N)O. The highest BCUT2D eigenvalue weighted by molar-refractivity contribution is 4.60. The fourth-order valence-corrected chi connectivity index (χ4v) is 3.77. The Labute approximate surface area is 294 Å². The maximum absolute atomic E-state index is 9.93. The molecule has 3 atom stereocenters. The molecule has 0 aromatic rings. The molecule has 0 bridgehead atoms. The maximum Gasteiger partial charge on any atom is 0.107 e. The van der Waals surface area contributed by atoms with E-state index in [-0.39, 0.29) is 5.92 Å². The number of hydrogen-bond donors (Lipinski definition) is 4. The summed E-state index contributed by atoms with van der Waals surface area (Å²) in [6, 6.07) is 0. The quantitative estimate of drug-likeness (QED) is 0.0494. The summed E-state index contributed by atoms with van der Waals surface area (Å²) < 4.78 is 64.8. The van der Waals surface area contributed by atoms with Crippen LogP contribution in [0.25, 0.3) is 0 Å². The van der Waals surface area contributed by atoms with Crippen molar-refractivity contribution in [2.75, 3.05) is 166 Å². The van der Waals surface area contributed by atoms with Crippen LogP contribution < -0.4 is 11.1 Å². The number of nitrogens with two attached hydrogens (primary N) is 1. The number of ether oxygens (including phenoxy) is 12. The molecule has 0 aliphatic heterocycles. The first kappa shape index (κ1) is 48.4. The Morgan fingerprint density at radius 1 is 0.429 bits per heavy atom. The number of aliphatic hydroxyl groups is 2. The van der Waals surface area contributed by atoms with Crippen molar-refractivity contribution in [1.82, 2.24) is 5.32 Å². The van der Waals surface area contributed by atoms with Gasteiger partial charge in [0.15, 0.2) is 0 Å². The maximum atomic E-state index is 9.93. The van der Waals surface area contributed by atoms with E-state index < -0.39 is 12.5 Å². The molecule has 0 saturated heterocycles. The third-order valence-electron chi connectivity index (χ3n) is 6.74. The standard InChI is InChI=1S/C33H70N2O14/c1-31(33(34)37)5-3-4-7-35-32(36)6-8-39-11-12-41-15-16-43-19-20-45-23-24-47-27-28-49-30-29-48-26-25-46-22-21-44-18-17-42-14-13-40-10-9-38-2/h31-33,35-37H,3-30,34H2,1-2H3/t31-,32?,33?/m1/s1. The van der Waals surface area contributed by atoms with Crippen LogP contribution in [0.3, 0.4) is 0 Å². The zero-order valence-electron chi connectivity index (χ0n) is 30.4. The summed E-state index contributed by atoms with van der Waals surface area (Å²) in [4.78, 5) is 0. The van der Waals surface area contributed by atoms with E-state index in [0.29, 0.717) is 165 Å². The zero-order chi connectivity index (χ0) is 35.7. The van der Waals surface area contributed by atoms with Crippen molar-refractivity contribution in [2.45, 2.75) is 45.1 Å². The molecule has 0 spiro atoms. The minimum absolute atomic E-state index is 0.0879. The first-order valence-electron chi connectivity index (χ1n) is 17.8. The molecular formula is C33H70N2O14.